The zero-order valence-electron chi connectivity index (χ0n) is 19.5. The van der Waals surface area contributed by atoms with Crippen LogP contribution in [0.3, 0.4) is 0 Å². The van der Waals surface area contributed by atoms with Gasteiger partial charge in [-0.15, -0.1) is 0 Å². The van der Waals surface area contributed by atoms with E-state index >= 15 is 0 Å². The van der Waals surface area contributed by atoms with Gasteiger partial charge in [0, 0.05) is 45.5 Å². The van der Waals surface area contributed by atoms with Gasteiger partial charge in [-0.2, -0.15) is 13.2 Å². The number of rotatable bonds is 3. The van der Waals surface area contributed by atoms with E-state index in [9.17, 15) is 32.7 Å². The second kappa shape index (κ2) is 11.3. The van der Waals surface area contributed by atoms with Crippen LogP contribution in [-0.4, -0.2) is 111 Å². The Hall–Kier alpha value is -4.11. The van der Waals surface area contributed by atoms with Gasteiger partial charge < -0.3 is 31.1 Å². The summed E-state index contributed by atoms with van der Waals surface area (Å²) in [4.78, 5) is 59.2. The Balaban J connectivity index is 0.000000479. The Kier molecular flexibility index (Phi) is 8.39. The number of β-lactam (4-membered cyclic amide) rings is 1. The first-order chi connectivity index (χ1) is 17.4. The normalized spacial score (nSPS) is 21.6. The summed E-state index contributed by atoms with van der Waals surface area (Å²) < 4.78 is 31.7. The molecule has 3 amide bonds. The number of nitrogen functional groups attached to an aromatic ring is 1. The van der Waals surface area contributed by atoms with Gasteiger partial charge in [0.25, 0.3) is 0 Å². The number of hydrogen-bond donors (Lipinski definition) is 4. The van der Waals surface area contributed by atoms with E-state index < -0.39 is 42.0 Å². The average Bonchev–Trinajstić information content (AvgIpc) is 2.85. The summed E-state index contributed by atoms with van der Waals surface area (Å²) in [6.45, 7) is 3.64. The predicted octanol–water partition coefficient (Wildman–Crippen LogP) is -0.162. The fourth-order valence-corrected chi connectivity index (χ4v) is 4.11. The number of carbonyl (C=O) groups excluding carboxylic acids is 2. The summed E-state index contributed by atoms with van der Waals surface area (Å²) in [5.41, 5.74) is 6.38. The van der Waals surface area contributed by atoms with Crippen LogP contribution in [0.2, 0.25) is 0 Å². The molecule has 0 radical (unpaired) electrons. The topological polar surface area (TPSA) is 182 Å². The molecule has 0 spiro atoms. The van der Waals surface area contributed by atoms with Gasteiger partial charge in [-0.05, 0) is 30.5 Å². The zero-order chi connectivity index (χ0) is 27.3. The van der Waals surface area contributed by atoms with Gasteiger partial charge in [0.05, 0.1) is 5.92 Å². The molecule has 2 fully saturated rings. The number of amides is 3. The number of urea groups is 1. The number of imide groups is 1. The van der Waals surface area contributed by atoms with Crippen LogP contribution in [0.15, 0.2) is 23.3 Å². The van der Waals surface area contributed by atoms with Crippen LogP contribution in [0.1, 0.15) is 12.0 Å². The van der Waals surface area contributed by atoms with Crippen LogP contribution >= 0.6 is 0 Å². The third kappa shape index (κ3) is 6.56. The van der Waals surface area contributed by atoms with Crippen LogP contribution in [0, 0.1) is 5.92 Å². The fourth-order valence-electron chi connectivity index (χ4n) is 4.11. The van der Waals surface area contributed by atoms with Gasteiger partial charge >= 0.3 is 24.1 Å². The molecule has 37 heavy (non-hydrogen) atoms. The quantitative estimate of drug-likeness (QED) is 0.384. The number of pyridine rings is 1. The Morgan fingerprint density at radius 2 is 1.81 bits per heavy atom. The number of aliphatic carboxylic acids is 2. The number of carbonyl (C=O) groups is 4. The van der Waals surface area contributed by atoms with Crippen molar-refractivity contribution < 1.29 is 42.6 Å². The Labute approximate surface area is 208 Å². The van der Waals surface area contributed by atoms with E-state index in [1.54, 1.807) is 12.1 Å². The number of nitrogens with one attached hydrogen (secondary N) is 1. The zero-order valence-corrected chi connectivity index (χ0v) is 19.5. The van der Waals surface area contributed by atoms with E-state index in [1.165, 1.54) is 11.1 Å². The second-order valence-electron chi connectivity index (χ2n) is 8.44. The summed E-state index contributed by atoms with van der Waals surface area (Å²) in [6.07, 6.45) is -2.37. The maximum atomic E-state index is 12.9. The molecule has 3 aliphatic heterocycles. The van der Waals surface area contributed by atoms with Crippen LogP contribution in [-0.2, 0) is 20.8 Å². The van der Waals surface area contributed by atoms with Gasteiger partial charge in [-0.1, -0.05) is 0 Å². The number of aromatic nitrogens is 1. The molecular weight excluding hydrogens is 503 g/mol. The van der Waals surface area contributed by atoms with Crippen molar-refractivity contribution in [3.63, 3.8) is 0 Å². The molecule has 0 unspecified atom stereocenters. The highest BCUT2D eigenvalue weighted by Gasteiger charge is 2.55. The maximum Gasteiger partial charge on any atom is 0.490 e. The largest absolute Gasteiger partial charge is 0.490 e. The highest BCUT2D eigenvalue weighted by atomic mass is 19.4. The van der Waals surface area contributed by atoms with Crippen LogP contribution in [0.5, 0.6) is 0 Å². The molecule has 0 aliphatic carbocycles. The third-order valence-corrected chi connectivity index (χ3v) is 5.95. The SMILES string of the molecule is Nc1cc(C[C@H]2C(=O)N(C(=O)N3CCN(C4=NCCCN4)CC3)[C@@H]2C(=O)O)ccn1.O=C(O)C(F)(F)F. The number of guanidine groups is 1. The van der Waals surface area contributed by atoms with Crippen molar-refractivity contribution in [3.8, 4) is 0 Å². The molecule has 13 nitrogen and oxygen atoms in total. The molecule has 0 bridgehead atoms. The smallest absolute Gasteiger partial charge is 0.480 e. The van der Waals surface area contributed by atoms with Gasteiger partial charge in [-0.25, -0.2) is 24.3 Å². The number of carboxylic acids is 2. The monoisotopic (exact) mass is 529 g/mol. The molecule has 0 saturated carbocycles. The molecule has 202 valence electrons. The number of piperazine rings is 1. The number of alkyl halides is 3. The lowest BCUT2D eigenvalue weighted by molar-refractivity contribution is -0.192. The molecule has 3 aliphatic rings. The van der Waals surface area contributed by atoms with Crippen LogP contribution in [0.25, 0.3) is 0 Å². The van der Waals surface area contributed by atoms with Crippen molar-refractivity contribution in [2.24, 2.45) is 10.9 Å². The first kappa shape index (κ1) is 27.5. The van der Waals surface area contributed by atoms with Crippen molar-refractivity contribution in [1.82, 2.24) is 25.0 Å². The van der Waals surface area contributed by atoms with Crippen molar-refractivity contribution in [3.05, 3.63) is 23.9 Å². The number of nitrogens with two attached hydrogens (primary N) is 1. The summed E-state index contributed by atoms with van der Waals surface area (Å²) in [6, 6.07) is 1.57. The lowest BCUT2D eigenvalue weighted by atomic mass is 9.82. The van der Waals surface area contributed by atoms with Gasteiger partial charge in [0.1, 0.15) is 5.82 Å². The van der Waals surface area contributed by atoms with E-state index in [0.717, 1.165) is 30.4 Å². The summed E-state index contributed by atoms with van der Waals surface area (Å²) in [5.74, 6) is -4.07. The maximum absolute atomic E-state index is 12.9. The molecule has 4 rings (SSSR count). The number of halogens is 3. The number of nitrogens with zero attached hydrogens (tertiary/aromatic N) is 5. The first-order valence-electron chi connectivity index (χ1n) is 11.3. The number of likely N-dealkylation sites (tertiary alicyclic amines) is 1. The molecule has 16 heteroatoms. The van der Waals surface area contributed by atoms with Crippen LogP contribution < -0.4 is 11.1 Å². The highest BCUT2D eigenvalue weighted by molar-refractivity contribution is 6.07. The summed E-state index contributed by atoms with van der Waals surface area (Å²) in [5, 5.41) is 20.0. The van der Waals surface area contributed by atoms with E-state index in [2.05, 4.69) is 20.2 Å². The Morgan fingerprint density at radius 1 is 1.16 bits per heavy atom. The van der Waals surface area contributed by atoms with E-state index in [-0.39, 0.29) is 6.42 Å². The Morgan fingerprint density at radius 3 is 2.32 bits per heavy atom. The second-order valence-corrected chi connectivity index (χ2v) is 8.44. The minimum Gasteiger partial charge on any atom is -0.480 e. The van der Waals surface area contributed by atoms with E-state index in [1.807, 2.05) is 0 Å². The average molecular weight is 529 g/mol. The van der Waals surface area contributed by atoms with Crippen molar-refractivity contribution in [2.75, 3.05) is 45.0 Å². The number of anilines is 1. The predicted molar refractivity (Wildman–Crippen MR) is 121 cm³/mol. The molecule has 2 atom stereocenters. The van der Waals surface area contributed by atoms with E-state index in [0.29, 0.717) is 37.6 Å². The van der Waals surface area contributed by atoms with Crippen molar-refractivity contribution in [2.45, 2.75) is 25.1 Å². The molecule has 4 heterocycles. The van der Waals surface area contributed by atoms with Gasteiger partial charge in [-0.3, -0.25) is 9.79 Å². The number of carboxylic acid groups (broad SMARTS) is 2. The lowest BCUT2D eigenvalue weighted by Crippen LogP contribution is -2.70. The number of hydrogen-bond acceptors (Lipinski definition) is 9. The van der Waals surface area contributed by atoms with Gasteiger partial charge in [0.2, 0.25) is 5.91 Å². The van der Waals surface area contributed by atoms with E-state index in [4.69, 9.17) is 15.6 Å². The molecule has 0 aromatic carbocycles. The third-order valence-electron chi connectivity index (χ3n) is 5.95. The molecule has 1 aromatic rings. The molecule has 5 N–H and O–H groups in total. The first-order valence-corrected chi connectivity index (χ1v) is 11.3. The highest BCUT2D eigenvalue weighted by Crippen LogP contribution is 2.32. The Bertz CT molecular complexity index is 1070. The van der Waals surface area contributed by atoms with Gasteiger partial charge in [0.15, 0.2) is 12.0 Å². The fraction of sp³-hybridized carbons (Fsp3) is 0.524. The molecular formula is C21H26F3N7O6. The summed E-state index contributed by atoms with van der Waals surface area (Å²) in [7, 11) is 0. The molecule has 2 saturated heterocycles. The standard InChI is InChI=1S/C19H25N7O4.C2HF3O2/c20-14-11-12(2-5-21-14)10-13-15(17(28)29)26(16(13)27)19(30)25-8-6-24(7-9-25)18-22-3-1-4-23-18;3-2(4,5)1(6)7/h2,5,11,13,15H,1,3-4,6-10H2,(H2,20,21)(H,22,23)(H,28,29);(H,6,7)/t13-,15+;/m1./s1. The molecule has 1 aromatic heterocycles. The van der Waals surface area contributed by atoms with Crippen LogP contribution in [0.4, 0.5) is 23.8 Å². The summed E-state index contributed by atoms with van der Waals surface area (Å²) >= 11 is 0. The lowest BCUT2D eigenvalue weighted by Gasteiger charge is -2.46. The number of aliphatic imine (C=N–C) groups is 1. The minimum atomic E-state index is -5.08. The van der Waals surface area contributed by atoms with Crippen molar-refractivity contribution in [1.29, 1.82) is 0 Å². The minimum absolute atomic E-state index is 0.200. The van der Waals surface area contributed by atoms with Crippen molar-refractivity contribution >= 4 is 35.7 Å².